The number of nitrogens with zero attached hydrogens (tertiary/aromatic N) is 5. The molecule has 0 bridgehead atoms. The topological polar surface area (TPSA) is 74.4 Å². The van der Waals surface area contributed by atoms with E-state index >= 15 is 0 Å². The molecule has 1 aliphatic heterocycles. The first-order valence-electron chi connectivity index (χ1n) is 8.84. The number of anilines is 1. The smallest absolute Gasteiger partial charge is 0.409 e. The van der Waals surface area contributed by atoms with Gasteiger partial charge < -0.3 is 19.1 Å². The monoisotopic (exact) mass is 383 g/mol. The molecule has 2 aromatic rings. The number of hydrogen-bond acceptors (Lipinski definition) is 6. The van der Waals surface area contributed by atoms with Gasteiger partial charge in [0, 0.05) is 32.7 Å². The van der Waals surface area contributed by atoms with Crippen LogP contribution in [0.15, 0.2) is 36.7 Å². The first-order chi connectivity index (χ1) is 13.1. The molecule has 0 spiro atoms. The van der Waals surface area contributed by atoms with Crippen molar-refractivity contribution in [1.29, 1.82) is 5.26 Å². The molecule has 8 heteroatoms. The van der Waals surface area contributed by atoms with Crippen molar-refractivity contribution in [3.05, 3.63) is 52.4 Å². The average Bonchev–Trinajstić information content (AvgIpc) is 2.70. The molecule has 1 aromatic carbocycles. The van der Waals surface area contributed by atoms with Gasteiger partial charge in [0.25, 0.3) is 0 Å². The second-order valence-electron chi connectivity index (χ2n) is 6.15. The number of carbonyl (C=O) groups excluding carboxylic acids is 1. The van der Waals surface area contributed by atoms with Crippen molar-refractivity contribution in [2.75, 3.05) is 37.7 Å². The fraction of sp³-hybridized carbons (Fsp3) is 0.368. The Hall–Kier alpha value is -2.92. The van der Waals surface area contributed by atoms with E-state index in [0.717, 1.165) is 5.56 Å². The molecule has 1 fully saturated rings. The van der Waals surface area contributed by atoms with Gasteiger partial charge in [-0.3, -0.25) is 0 Å². The summed E-state index contributed by atoms with van der Waals surface area (Å²) in [5.41, 5.74) is 1.49. The van der Waals surface area contributed by atoms with Crippen molar-refractivity contribution >= 4 is 24.1 Å². The van der Waals surface area contributed by atoms with E-state index in [1.807, 2.05) is 39.8 Å². The van der Waals surface area contributed by atoms with Crippen LogP contribution in [0.3, 0.4) is 0 Å². The summed E-state index contributed by atoms with van der Waals surface area (Å²) in [6.07, 6.45) is 1.38. The summed E-state index contributed by atoms with van der Waals surface area (Å²) in [7, 11) is 0. The zero-order valence-corrected chi connectivity index (χ0v) is 16.0. The minimum absolute atomic E-state index is 0.302. The molecule has 3 rings (SSSR count). The second-order valence-corrected chi connectivity index (χ2v) is 6.53. The fourth-order valence-corrected chi connectivity index (χ4v) is 3.28. The fourth-order valence-electron chi connectivity index (χ4n) is 3.03. The highest BCUT2D eigenvalue weighted by molar-refractivity contribution is 7.71. The highest BCUT2D eigenvalue weighted by Crippen LogP contribution is 2.20. The number of amides is 1. The van der Waals surface area contributed by atoms with Crippen molar-refractivity contribution in [3.8, 4) is 6.07 Å². The molecule has 1 amide bonds. The summed E-state index contributed by atoms with van der Waals surface area (Å²) < 4.78 is 7.32. The molecule has 0 N–H and O–H groups in total. The highest BCUT2D eigenvalue weighted by Gasteiger charge is 2.25. The lowest BCUT2D eigenvalue weighted by atomic mass is 10.2. The quantitative estimate of drug-likeness (QED) is 0.756. The number of nitriles is 1. The van der Waals surface area contributed by atoms with Gasteiger partial charge in [-0.05, 0) is 12.5 Å². The van der Waals surface area contributed by atoms with Gasteiger partial charge in [-0.25, -0.2) is 9.78 Å². The average molecular weight is 383 g/mol. The van der Waals surface area contributed by atoms with Crippen LogP contribution < -0.4 is 4.90 Å². The van der Waals surface area contributed by atoms with Crippen LogP contribution in [-0.2, 0) is 11.3 Å². The number of benzene rings is 1. The molecule has 27 heavy (non-hydrogen) atoms. The number of ether oxygens (including phenoxy) is 1. The Morgan fingerprint density at radius 2 is 1.96 bits per heavy atom. The number of aromatic nitrogens is 2. The molecule has 0 saturated carbocycles. The predicted octanol–water partition coefficient (Wildman–Crippen LogP) is 2.81. The Kier molecular flexibility index (Phi) is 6.04. The molecule has 0 atom stereocenters. The van der Waals surface area contributed by atoms with Gasteiger partial charge in [0.1, 0.15) is 16.3 Å². The molecule has 7 nitrogen and oxygen atoms in total. The van der Waals surface area contributed by atoms with Gasteiger partial charge in [0.15, 0.2) is 5.82 Å². The van der Waals surface area contributed by atoms with Gasteiger partial charge in [-0.15, -0.1) is 0 Å². The van der Waals surface area contributed by atoms with Gasteiger partial charge in [-0.2, -0.15) is 5.26 Å². The Balaban J connectivity index is 1.77. The molecule has 1 saturated heterocycles. The Morgan fingerprint density at radius 1 is 1.26 bits per heavy atom. The summed E-state index contributed by atoms with van der Waals surface area (Å²) in [4.78, 5) is 20.0. The van der Waals surface area contributed by atoms with E-state index in [1.165, 1.54) is 0 Å². The Labute approximate surface area is 163 Å². The molecule has 1 aromatic heterocycles. The molecule has 0 aliphatic carbocycles. The molecular formula is C19H21N5O2S. The maximum atomic E-state index is 11.8. The van der Waals surface area contributed by atoms with E-state index in [9.17, 15) is 10.1 Å². The second kappa shape index (κ2) is 8.64. The lowest BCUT2D eigenvalue weighted by Gasteiger charge is -2.35. The van der Waals surface area contributed by atoms with Gasteiger partial charge >= 0.3 is 6.09 Å². The third-order valence-electron chi connectivity index (χ3n) is 4.43. The molecule has 0 radical (unpaired) electrons. The van der Waals surface area contributed by atoms with Crippen LogP contribution in [0, 0.1) is 16.0 Å². The number of piperazine rings is 1. The summed E-state index contributed by atoms with van der Waals surface area (Å²) >= 11 is 5.54. The minimum atomic E-state index is -0.302. The zero-order valence-electron chi connectivity index (χ0n) is 15.2. The molecule has 0 unspecified atom stereocenters. The number of hydrogen-bond donors (Lipinski definition) is 0. The normalized spacial score (nSPS) is 13.9. The first kappa shape index (κ1) is 18.9. The molecule has 1 aliphatic rings. The predicted molar refractivity (Wildman–Crippen MR) is 104 cm³/mol. The third kappa shape index (κ3) is 4.26. The van der Waals surface area contributed by atoms with Crippen LogP contribution in [0.25, 0.3) is 0 Å². The first-order valence-corrected chi connectivity index (χ1v) is 9.25. The van der Waals surface area contributed by atoms with E-state index in [4.69, 9.17) is 17.0 Å². The van der Waals surface area contributed by atoms with Crippen molar-refractivity contribution in [2.45, 2.75) is 13.5 Å². The number of rotatable bonds is 4. The van der Waals surface area contributed by atoms with E-state index in [2.05, 4.69) is 11.1 Å². The standard InChI is InChI=1S/C19H21N5O2S/c1-2-26-19(25)23-10-8-22(9-11-23)17-16(12-20)18(27)24(14-21-17)13-15-6-4-3-5-7-15/h3-7,14H,2,8-11,13H2,1H3. The van der Waals surface area contributed by atoms with E-state index in [0.29, 0.717) is 55.4 Å². The highest BCUT2D eigenvalue weighted by atomic mass is 32.1. The van der Waals surface area contributed by atoms with Crippen molar-refractivity contribution in [3.63, 3.8) is 0 Å². The SMILES string of the molecule is CCOC(=O)N1CCN(c2ncn(Cc3ccccc3)c(=S)c2C#N)CC1. The minimum Gasteiger partial charge on any atom is -0.450 e. The lowest BCUT2D eigenvalue weighted by molar-refractivity contribution is 0.105. The van der Waals surface area contributed by atoms with Crippen LogP contribution in [0.4, 0.5) is 10.6 Å². The van der Waals surface area contributed by atoms with Crippen molar-refractivity contribution in [1.82, 2.24) is 14.5 Å². The lowest BCUT2D eigenvalue weighted by Crippen LogP contribution is -2.49. The number of carbonyl (C=O) groups is 1. The molecule has 140 valence electrons. The largest absolute Gasteiger partial charge is 0.450 e. The van der Waals surface area contributed by atoms with Crippen LogP contribution in [0.5, 0.6) is 0 Å². The van der Waals surface area contributed by atoms with Gasteiger partial charge in [0.05, 0.1) is 12.9 Å². The Bertz CT molecular complexity index is 899. The maximum absolute atomic E-state index is 11.8. The summed E-state index contributed by atoms with van der Waals surface area (Å²) in [6.45, 7) is 4.93. The van der Waals surface area contributed by atoms with Gasteiger partial charge in [-0.1, -0.05) is 42.5 Å². The van der Waals surface area contributed by atoms with Crippen LogP contribution >= 0.6 is 12.2 Å². The van der Waals surface area contributed by atoms with E-state index in [-0.39, 0.29) is 6.09 Å². The summed E-state index contributed by atoms with van der Waals surface area (Å²) in [5.74, 6) is 0.579. The van der Waals surface area contributed by atoms with E-state index in [1.54, 1.807) is 18.2 Å². The van der Waals surface area contributed by atoms with Crippen LogP contribution in [0.2, 0.25) is 0 Å². The summed E-state index contributed by atoms with van der Waals surface area (Å²) in [5, 5.41) is 9.65. The Morgan fingerprint density at radius 3 is 2.59 bits per heavy atom. The maximum Gasteiger partial charge on any atom is 0.409 e. The van der Waals surface area contributed by atoms with Crippen LogP contribution in [0.1, 0.15) is 18.1 Å². The van der Waals surface area contributed by atoms with Crippen molar-refractivity contribution in [2.24, 2.45) is 0 Å². The molecule has 2 heterocycles. The third-order valence-corrected chi connectivity index (χ3v) is 4.87. The molecular weight excluding hydrogens is 362 g/mol. The van der Waals surface area contributed by atoms with E-state index < -0.39 is 0 Å². The zero-order chi connectivity index (χ0) is 19.2. The van der Waals surface area contributed by atoms with Crippen LogP contribution in [-0.4, -0.2) is 53.3 Å². The summed E-state index contributed by atoms with van der Waals surface area (Å²) in [6, 6.07) is 12.1. The van der Waals surface area contributed by atoms with Gasteiger partial charge in [0.2, 0.25) is 0 Å². The van der Waals surface area contributed by atoms with Crippen molar-refractivity contribution < 1.29 is 9.53 Å².